The van der Waals surface area contributed by atoms with Gasteiger partial charge in [0.2, 0.25) is 11.8 Å². The molecule has 2 aromatic rings. The average molecular weight is 465 g/mol. The van der Waals surface area contributed by atoms with Crippen molar-refractivity contribution in [3.8, 4) is 5.75 Å². The maximum atomic E-state index is 12.9. The Morgan fingerprint density at radius 2 is 1.71 bits per heavy atom. The molecule has 7 heteroatoms. The molecule has 2 amide bonds. The first-order valence-electron chi connectivity index (χ1n) is 8.90. The largest absolute Gasteiger partial charge is 0.497 e. The Bertz CT molecular complexity index is 781. The van der Waals surface area contributed by atoms with Gasteiger partial charge in [0, 0.05) is 23.8 Å². The zero-order valence-electron chi connectivity index (χ0n) is 16.3. The van der Waals surface area contributed by atoms with Crippen LogP contribution in [0, 0.1) is 0 Å². The van der Waals surface area contributed by atoms with Gasteiger partial charge in [0.05, 0.1) is 12.9 Å². The fourth-order valence-electron chi connectivity index (χ4n) is 2.64. The molecular weight excluding hydrogens is 440 g/mol. The molecule has 5 nitrogen and oxygen atoms in total. The molecule has 0 heterocycles. The number of carbonyl (C=O) groups excluding carboxylic acids is 2. The van der Waals surface area contributed by atoms with Crippen molar-refractivity contribution in [2.75, 3.05) is 19.9 Å². The van der Waals surface area contributed by atoms with Crippen LogP contribution in [0.2, 0.25) is 0 Å². The summed E-state index contributed by atoms with van der Waals surface area (Å²) < 4.78 is 6.21. The van der Waals surface area contributed by atoms with Crippen LogP contribution < -0.4 is 10.1 Å². The van der Waals surface area contributed by atoms with E-state index in [0.717, 1.165) is 27.1 Å². The molecule has 0 saturated carbocycles. The summed E-state index contributed by atoms with van der Waals surface area (Å²) in [6.07, 6.45) is 0. The summed E-state index contributed by atoms with van der Waals surface area (Å²) >= 11 is 4.96. The predicted octanol–water partition coefficient (Wildman–Crippen LogP) is 3.85. The number of methoxy groups -OCH3 is 1. The van der Waals surface area contributed by atoms with Crippen LogP contribution >= 0.6 is 27.7 Å². The van der Waals surface area contributed by atoms with E-state index in [2.05, 4.69) is 21.2 Å². The molecule has 2 aromatic carbocycles. The third kappa shape index (κ3) is 6.56. The highest BCUT2D eigenvalue weighted by Gasteiger charge is 2.25. The van der Waals surface area contributed by atoms with Crippen LogP contribution in [-0.4, -0.2) is 42.7 Å². The molecule has 1 N–H and O–H groups in total. The van der Waals surface area contributed by atoms with Crippen molar-refractivity contribution in [1.29, 1.82) is 0 Å². The number of rotatable bonds is 9. The van der Waals surface area contributed by atoms with Crippen molar-refractivity contribution in [2.45, 2.75) is 25.3 Å². The van der Waals surface area contributed by atoms with E-state index < -0.39 is 6.04 Å². The van der Waals surface area contributed by atoms with Gasteiger partial charge in [-0.15, -0.1) is 11.8 Å². The normalized spacial score (nSPS) is 11.6. The van der Waals surface area contributed by atoms with E-state index >= 15 is 0 Å². The quantitative estimate of drug-likeness (QED) is 0.611. The zero-order chi connectivity index (χ0) is 20.5. The number of hydrogen-bond acceptors (Lipinski definition) is 4. The van der Waals surface area contributed by atoms with E-state index in [1.807, 2.05) is 48.5 Å². The first-order valence-corrected chi connectivity index (χ1v) is 10.9. The van der Waals surface area contributed by atoms with E-state index in [0.29, 0.717) is 12.3 Å². The van der Waals surface area contributed by atoms with Crippen LogP contribution in [0.15, 0.2) is 53.0 Å². The first kappa shape index (κ1) is 22.3. The van der Waals surface area contributed by atoms with E-state index in [1.54, 1.807) is 37.7 Å². The van der Waals surface area contributed by atoms with E-state index in [9.17, 15) is 9.59 Å². The molecule has 0 unspecified atom stereocenters. The summed E-state index contributed by atoms with van der Waals surface area (Å²) in [6, 6.07) is 15.0. The van der Waals surface area contributed by atoms with Gasteiger partial charge in [0.15, 0.2) is 0 Å². The summed E-state index contributed by atoms with van der Waals surface area (Å²) in [5.74, 6) is 1.57. The highest BCUT2D eigenvalue weighted by atomic mass is 79.9. The van der Waals surface area contributed by atoms with Crippen molar-refractivity contribution in [3.63, 3.8) is 0 Å². The molecule has 0 fully saturated rings. The van der Waals surface area contributed by atoms with Gasteiger partial charge in [-0.3, -0.25) is 9.59 Å². The molecule has 0 aromatic heterocycles. The first-order chi connectivity index (χ1) is 13.4. The number of carbonyl (C=O) groups is 2. The van der Waals surface area contributed by atoms with Gasteiger partial charge in [-0.05, 0) is 42.3 Å². The Morgan fingerprint density at radius 1 is 1.11 bits per heavy atom. The van der Waals surface area contributed by atoms with Crippen LogP contribution in [0.1, 0.15) is 18.1 Å². The van der Waals surface area contributed by atoms with Crippen LogP contribution in [0.3, 0.4) is 0 Å². The third-order valence-electron chi connectivity index (χ3n) is 4.33. The molecule has 0 radical (unpaired) electrons. The van der Waals surface area contributed by atoms with Crippen LogP contribution in [0.25, 0.3) is 0 Å². The maximum Gasteiger partial charge on any atom is 0.242 e. The Morgan fingerprint density at radius 3 is 2.29 bits per heavy atom. The summed E-state index contributed by atoms with van der Waals surface area (Å²) in [4.78, 5) is 26.6. The lowest BCUT2D eigenvalue weighted by Crippen LogP contribution is -2.47. The molecule has 28 heavy (non-hydrogen) atoms. The summed E-state index contributed by atoms with van der Waals surface area (Å²) in [6.45, 7) is 2.12. The van der Waals surface area contributed by atoms with Gasteiger partial charge in [0.25, 0.3) is 0 Å². The van der Waals surface area contributed by atoms with E-state index in [-0.39, 0.29) is 11.8 Å². The van der Waals surface area contributed by atoms with Gasteiger partial charge < -0.3 is 15.0 Å². The third-order valence-corrected chi connectivity index (χ3v) is 5.85. The number of amides is 2. The highest BCUT2D eigenvalue weighted by molar-refractivity contribution is 9.10. The van der Waals surface area contributed by atoms with E-state index in [1.165, 1.54) is 0 Å². The number of ether oxygens (including phenoxy) is 1. The molecule has 2 rings (SSSR count). The number of nitrogens with one attached hydrogen (secondary N) is 1. The number of nitrogens with zero attached hydrogens (tertiary/aromatic N) is 1. The van der Waals surface area contributed by atoms with Crippen molar-refractivity contribution in [2.24, 2.45) is 0 Å². The lowest BCUT2D eigenvalue weighted by Gasteiger charge is -2.28. The zero-order valence-corrected chi connectivity index (χ0v) is 18.7. The van der Waals surface area contributed by atoms with Crippen molar-refractivity contribution >= 4 is 39.5 Å². The molecule has 0 aliphatic heterocycles. The average Bonchev–Trinajstić information content (AvgIpc) is 2.72. The fraction of sp³-hybridized carbons (Fsp3) is 0.333. The minimum Gasteiger partial charge on any atom is -0.497 e. The highest BCUT2D eigenvalue weighted by Crippen LogP contribution is 2.19. The fourth-order valence-corrected chi connectivity index (χ4v) is 3.77. The lowest BCUT2D eigenvalue weighted by molar-refractivity contribution is -0.138. The van der Waals surface area contributed by atoms with E-state index in [4.69, 9.17) is 4.74 Å². The lowest BCUT2D eigenvalue weighted by atomic mass is 10.1. The minimum absolute atomic E-state index is 0.0611. The Labute approximate surface area is 179 Å². The summed E-state index contributed by atoms with van der Waals surface area (Å²) in [5, 5.41) is 2.63. The van der Waals surface area contributed by atoms with Gasteiger partial charge in [-0.1, -0.05) is 40.2 Å². The Kier molecular flexibility index (Phi) is 8.86. The SMILES string of the molecule is CNC(=O)[C@@H](C)N(Cc1ccc(OC)cc1)C(=O)CSCc1ccc(Br)cc1. The predicted molar refractivity (Wildman–Crippen MR) is 117 cm³/mol. The van der Waals surface area contributed by atoms with Gasteiger partial charge in [-0.2, -0.15) is 0 Å². The minimum atomic E-state index is -0.548. The Hall–Kier alpha value is -1.99. The number of benzene rings is 2. The number of hydrogen-bond donors (Lipinski definition) is 1. The van der Waals surface area contributed by atoms with Crippen molar-refractivity contribution in [1.82, 2.24) is 10.2 Å². The molecule has 1 atom stereocenters. The second kappa shape index (κ2) is 11.1. The molecule has 0 bridgehead atoms. The van der Waals surface area contributed by atoms with Gasteiger partial charge in [-0.25, -0.2) is 0 Å². The van der Waals surface area contributed by atoms with Gasteiger partial charge >= 0.3 is 0 Å². The van der Waals surface area contributed by atoms with Gasteiger partial charge in [0.1, 0.15) is 11.8 Å². The number of halogens is 1. The van der Waals surface area contributed by atoms with Crippen molar-refractivity contribution < 1.29 is 14.3 Å². The molecular formula is C21H25BrN2O3S. The molecule has 0 aliphatic carbocycles. The summed E-state index contributed by atoms with van der Waals surface area (Å²) in [7, 11) is 3.19. The summed E-state index contributed by atoms with van der Waals surface area (Å²) in [5.41, 5.74) is 2.10. The Balaban J connectivity index is 2.02. The standard InChI is InChI=1S/C21H25BrN2O3S/c1-15(21(26)23-2)24(12-16-6-10-19(27-3)11-7-16)20(25)14-28-13-17-4-8-18(22)9-5-17/h4-11,15H,12-14H2,1-3H3,(H,23,26)/t15-/m1/s1. The molecule has 150 valence electrons. The van der Waals surface area contributed by atoms with Crippen LogP contribution in [0.5, 0.6) is 5.75 Å². The van der Waals surface area contributed by atoms with Crippen LogP contribution in [-0.2, 0) is 21.9 Å². The molecule has 0 aliphatic rings. The monoisotopic (exact) mass is 464 g/mol. The number of thioether (sulfide) groups is 1. The molecule has 0 spiro atoms. The maximum absolute atomic E-state index is 12.9. The second-order valence-corrected chi connectivity index (χ2v) is 8.18. The van der Waals surface area contributed by atoms with Crippen molar-refractivity contribution in [3.05, 3.63) is 64.1 Å². The topological polar surface area (TPSA) is 58.6 Å². The van der Waals surface area contributed by atoms with Crippen LogP contribution in [0.4, 0.5) is 0 Å². The molecule has 0 saturated heterocycles. The smallest absolute Gasteiger partial charge is 0.242 e. The number of likely N-dealkylation sites (N-methyl/N-ethyl adjacent to an activating group) is 1. The second-order valence-electron chi connectivity index (χ2n) is 6.28.